The molecule has 11 nitrogen and oxygen atoms in total. The number of aromatic nitrogens is 3. The maximum atomic E-state index is 12.5. The second kappa shape index (κ2) is 10.4. The molecule has 0 aliphatic heterocycles. The number of carbonyl (C=O) groups is 2. The molecule has 0 fully saturated rings. The SMILES string of the molecule is Cc1ccc(-c2nc3ccc(C(=O)OCC(=O)Nc4ccc(S(=O)(=O)Nc5cc(C)on5)cc4)cc3[nH]2)cc1. The number of nitrogens with zero attached hydrogens (tertiary/aromatic N) is 2. The van der Waals surface area contributed by atoms with Crippen molar-refractivity contribution in [1.29, 1.82) is 0 Å². The summed E-state index contributed by atoms with van der Waals surface area (Å²) in [6.07, 6.45) is 0. The monoisotopic (exact) mass is 545 g/mol. The molecule has 2 aromatic heterocycles. The summed E-state index contributed by atoms with van der Waals surface area (Å²) >= 11 is 0. The van der Waals surface area contributed by atoms with Gasteiger partial charge in [-0.05, 0) is 56.3 Å². The summed E-state index contributed by atoms with van der Waals surface area (Å²) in [5.41, 5.74) is 4.00. The van der Waals surface area contributed by atoms with Gasteiger partial charge in [0.15, 0.2) is 12.4 Å². The summed E-state index contributed by atoms with van der Waals surface area (Å²) in [4.78, 5) is 32.6. The third kappa shape index (κ3) is 5.96. The molecule has 0 unspecified atom stereocenters. The highest BCUT2D eigenvalue weighted by Crippen LogP contribution is 2.22. The molecule has 0 atom stereocenters. The molecular weight excluding hydrogens is 522 g/mol. The van der Waals surface area contributed by atoms with Crippen LogP contribution >= 0.6 is 0 Å². The smallest absolute Gasteiger partial charge is 0.338 e. The molecule has 0 radical (unpaired) electrons. The Morgan fingerprint density at radius 2 is 1.72 bits per heavy atom. The number of hydrogen-bond donors (Lipinski definition) is 3. The van der Waals surface area contributed by atoms with Crippen LogP contribution in [0.3, 0.4) is 0 Å². The zero-order valence-corrected chi connectivity index (χ0v) is 21.7. The number of aromatic amines is 1. The molecule has 5 aromatic rings. The third-order valence-corrected chi connectivity index (χ3v) is 7.06. The summed E-state index contributed by atoms with van der Waals surface area (Å²) in [7, 11) is -3.89. The van der Waals surface area contributed by atoms with Gasteiger partial charge in [0.25, 0.3) is 15.9 Å². The van der Waals surface area contributed by atoms with Crippen LogP contribution in [0.1, 0.15) is 21.7 Å². The highest BCUT2D eigenvalue weighted by atomic mass is 32.2. The summed E-state index contributed by atoms with van der Waals surface area (Å²) in [5, 5.41) is 6.16. The van der Waals surface area contributed by atoms with Gasteiger partial charge in [0, 0.05) is 17.3 Å². The van der Waals surface area contributed by atoms with Crippen LogP contribution in [0.5, 0.6) is 0 Å². The number of fused-ring (bicyclic) bond motifs is 1. The van der Waals surface area contributed by atoms with Crippen LogP contribution in [0.2, 0.25) is 0 Å². The molecule has 0 spiro atoms. The Labute approximate surface area is 223 Å². The second-order valence-corrected chi connectivity index (χ2v) is 10.4. The van der Waals surface area contributed by atoms with Gasteiger partial charge in [0.2, 0.25) is 0 Å². The Hall–Kier alpha value is -4.97. The van der Waals surface area contributed by atoms with Crippen molar-refractivity contribution in [2.75, 3.05) is 16.6 Å². The molecule has 12 heteroatoms. The van der Waals surface area contributed by atoms with Gasteiger partial charge in [-0.1, -0.05) is 35.0 Å². The van der Waals surface area contributed by atoms with Crippen molar-refractivity contribution < 1.29 is 27.3 Å². The second-order valence-electron chi connectivity index (χ2n) is 8.76. The van der Waals surface area contributed by atoms with Crippen molar-refractivity contribution in [3.8, 4) is 11.4 Å². The fourth-order valence-corrected chi connectivity index (χ4v) is 4.71. The first-order valence-corrected chi connectivity index (χ1v) is 13.2. The first-order valence-electron chi connectivity index (χ1n) is 11.8. The van der Waals surface area contributed by atoms with E-state index in [4.69, 9.17) is 9.26 Å². The van der Waals surface area contributed by atoms with Gasteiger partial charge in [-0.3, -0.25) is 9.52 Å². The number of aryl methyl sites for hydroxylation is 2. The Kier molecular flexibility index (Phi) is 6.86. The van der Waals surface area contributed by atoms with E-state index in [0.29, 0.717) is 28.3 Å². The molecule has 0 aliphatic rings. The minimum Gasteiger partial charge on any atom is -0.452 e. The lowest BCUT2D eigenvalue weighted by atomic mass is 10.1. The minimum atomic E-state index is -3.89. The summed E-state index contributed by atoms with van der Waals surface area (Å²) in [6, 6.07) is 19.7. The van der Waals surface area contributed by atoms with Gasteiger partial charge in [0.1, 0.15) is 11.6 Å². The number of hydrogen-bond acceptors (Lipinski definition) is 8. The Bertz CT molecular complexity index is 1770. The number of nitrogens with one attached hydrogen (secondary N) is 3. The third-order valence-electron chi connectivity index (χ3n) is 5.69. The van der Waals surface area contributed by atoms with Crippen molar-refractivity contribution in [1.82, 2.24) is 15.1 Å². The largest absolute Gasteiger partial charge is 0.452 e. The lowest BCUT2D eigenvalue weighted by Gasteiger charge is -2.08. The lowest BCUT2D eigenvalue weighted by molar-refractivity contribution is -0.119. The fourth-order valence-electron chi connectivity index (χ4n) is 3.72. The maximum absolute atomic E-state index is 12.5. The molecule has 0 saturated carbocycles. The fraction of sp³-hybridized carbons (Fsp3) is 0.111. The van der Waals surface area contributed by atoms with Gasteiger partial charge in [-0.2, -0.15) is 0 Å². The van der Waals surface area contributed by atoms with Crippen molar-refractivity contribution in [3.05, 3.63) is 89.7 Å². The van der Waals surface area contributed by atoms with E-state index in [1.165, 1.54) is 30.3 Å². The van der Waals surface area contributed by atoms with Crippen LogP contribution < -0.4 is 10.0 Å². The van der Waals surface area contributed by atoms with E-state index in [9.17, 15) is 18.0 Å². The average molecular weight is 546 g/mol. The molecule has 3 aromatic carbocycles. The predicted octanol–water partition coefficient (Wildman–Crippen LogP) is 4.43. The Balaban J connectivity index is 1.17. The first kappa shape index (κ1) is 25.7. The zero-order valence-electron chi connectivity index (χ0n) is 20.9. The van der Waals surface area contributed by atoms with Crippen molar-refractivity contribution in [2.45, 2.75) is 18.7 Å². The van der Waals surface area contributed by atoms with E-state index < -0.39 is 28.5 Å². The summed E-state index contributed by atoms with van der Waals surface area (Å²) in [6.45, 7) is 3.12. The number of ether oxygens (including phenoxy) is 1. The number of anilines is 2. The Morgan fingerprint density at radius 1 is 0.974 bits per heavy atom. The number of imidazole rings is 1. The van der Waals surface area contributed by atoms with E-state index in [1.807, 2.05) is 31.2 Å². The number of carbonyl (C=O) groups excluding carboxylic acids is 2. The minimum absolute atomic E-state index is 0.0349. The molecule has 39 heavy (non-hydrogen) atoms. The highest BCUT2D eigenvalue weighted by Gasteiger charge is 2.17. The number of benzene rings is 3. The number of esters is 1. The van der Waals surface area contributed by atoms with Crippen LogP contribution in [-0.4, -0.2) is 42.0 Å². The Morgan fingerprint density at radius 3 is 2.41 bits per heavy atom. The van der Waals surface area contributed by atoms with Crippen LogP contribution in [0.4, 0.5) is 11.5 Å². The predicted molar refractivity (Wildman–Crippen MR) is 144 cm³/mol. The van der Waals surface area contributed by atoms with Crippen LogP contribution in [0.25, 0.3) is 22.4 Å². The average Bonchev–Trinajstić information content (AvgIpc) is 3.52. The molecule has 0 aliphatic carbocycles. The first-order chi connectivity index (χ1) is 18.7. The summed E-state index contributed by atoms with van der Waals surface area (Å²) in [5.74, 6) is -0.0584. The number of sulfonamides is 1. The van der Waals surface area contributed by atoms with Crippen molar-refractivity contribution in [2.24, 2.45) is 0 Å². The number of rotatable bonds is 8. The highest BCUT2D eigenvalue weighted by molar-refractivity contribution is 7.92. The van der Waals surface area contributed by atoms with Gasteiger partial charge < -0.3 is 19.6 Å². The molecule has 0 saturated heterocycles. The molecular formula is C27H23N5O6S. The van der Waals surface area contributed by atoms with Gasteiger partial charge >= 0.3 is 5.97 Å². The van der Waals surface area contributed by atoms with Gasteiger partial charge in [-0.25, -0.2) is 18.2 Å². The normalized spacial score (nSPS) is 11.3. The van der Waals surface area contributed by atoms with Crippen LogP contribution in [0.15, 0.2) is 82.2 Å². The maximum Gasteiger partial charge on any atom is 0.338 e. The molecule has 1 amide bonds. The van der Waals surface area contributed by atoms with E-state index in [0.717, 1.165) is 11.1 Å². The van der Waals surface area contributed by atoms with Crippen molar-refractivity contribution >= 4 is 44.4 Å². The molecule has 3 N–H and O–H groups in total. The van der Waals surface area contributed by atoms with Gasteiger partial charge in [-0.15, -0.1) is 0 Å². The van der Waals surface area contributed by atoms with Crippen LogP contribution in [-0.2, 0) is 19.6 Å². The number of H-pyrrole nitrogens is 1. The van der Waals surface area contributed by atoms with Crippen LogP contribution in [0, 0.1) is 13.8 Å². The standard InChI is InChI=1S/C27H23N5O6S/c1-16-3-5-18(6-4-16)26-29-22-12-7-19(14-23(22)30-26)27(34)37-15-25(33)28-20-8-10-21(11-9-20)39(35,36)32-24-13-17(2)38-31-24/h3-14H,15H2,1-2H3,(H,28,33)(H,29,30)(H,31,32). The molecule has 2 heterocycles. The molecule has 198 valence electrons. The number of amides is 1. The van der Waals surface area contributed by atoms with Crippen molar-refractivity contribution in [3.63, 3.8) is 0 Å². The van der Waals surface area contributed by atoms with E-state index in [2.05, 4.69) is 25.2 Å². The topological polar surface area (TPSA) is 156 Å². The quantitative estimate of drug-likeness (QED) is 0.242. The zero-order chi connectivity index (χ0) is 27.6. The van der Waals surface area contributed by atoms with Gasteiger partial charge in [0.05, 0.1) is 21.5 Å². The molecule has 5 rings (SSSR count). The van der Waals surface area contributed by atoms with E-state index in [1.54, 1.807) is 25.1 Å². The van der Waals surface area contributed by atoms with E-state index in [-0.39, 0.29) is 16.3 Å². The summed E-state index contributed by atoms with van der Waals surface area (Å²) < 4.78 is 37.3. The van der Waals surface area contributed by atoms with E-state index >= 15 is 0 Å². The molecule has 0 bridgehead atoms. The lowest BCUT2D eigenvalue weighted by Crippen LogP contribution is -2.21.